The van der Waals surface area contributed by atoms with Gasteiger partial charge in [0.25, 0.3) is 0 Å². The number of hydrogen-bond donors (Lipinski definition) is 2. The van der Waals surface area contributed by atoms with Crippen LogP contribution in [0, 0.1) is 6.92 Å². The molecule has 102 valence electrons. The first kappa shape index (κ1) is 13.6. The van der Waals surface area contributed by atoms with Crippen LogP contribution in [0.15, 0.2) is 30.5 Å². The van der Waals surface area contributed by atoms with Crippen molar-refractivity contribution in [2.75, 3.05) is 7.11 Å². The Balaban J connectivity index is 2.01. The van der Waals surface area contributed by atoms with E-state index in [2.05, 4.69) is 34.6 Å². The molecule has 0 aliphatic rings. The monoisotopic (exact) mass is 259 g/mol. The Morgan fingerprint density at radius 2 is 2.05 bits per heavy atom. The molecule has 0 aliphatic heterocycles. The first-order valence-corrected chi connectivity index (χ1v) is 6.60. The first-order valence-electron chi connectivity index (χ1n) is 6.60. The number of nitrogens with one attached hydrogen (secondary N) is 2. The quantitative estimate of drug-likeness (QED) is 0.838. The summed E-state index contributed by atoms with van der Waals surface area (Å²) in [5.41, 5.74) is 3.62. The molecule has 4 heteroatoms. The van der Waals surface area contributed by atoms with Gasteiger partial charge in [-0.15, -0.1) is 0 Å². The highest BCUT2D eigenvalue weighted by atomic mass is 16.5. The van der Waals surface area contributed by atoms with Gasteiger partial charge in [0.15, 0.2) is 0 Å². The summed E-state index contributed by atoms with van der Waals surface area (Å²) in [6, 6.07) is 8.58. The van der Waals surface area contributed by atoms with Crippen LogP contribution in [0.3, 0.4) is 0 Å². The molecule has 0 bridgehead atoms. The zero-order valence-electron chi connectivity index (χ0n) is 11.7. The van der Waals surface area contributed by atoms with Crippen molar-refractivity contribution in [1.82, 2.24) is 15.5 Å². The summed E-state index contributed by atoms with van der Waals surface area (Å²) < 4.78 is 5.18. The highest BCUT2D eigenvalue weighted by molar-refractivity contribution is 5.29. The van der Waals surface area contributed by atoms with Gasteiger partial charge in [-0.05, 0) is 31.0 Å². The minimum absolute atomic E-state index is 0.347. The number of nitrogens with zero attached hydrogens (tertiary/aromatic N) is 1. The summed E-state index contributed by atoms with van der Waals surface area (Å²) in [6.45, 7) is 5.05. The van der Waals surface area contributed by atoms with Crippen LogP contribution in [0.4, 0.5) is 0 Å². The number of aromatic amines is 1. The number of methoxy groups -OCH3 is 1. The molecular weight excluding hydrogens is 238 g/mol. The Morgan fingerprint density at radius 3 is 2.58 bits per heavy atom. The maximum Gasteiger partial charge on any atom is 0.118 e. The second-order valence-corrected chi connectivity index (χ2v) is 4.64. The largest absolute Gasteiger partial charge is 0.497 e. The maximum atomic E-state index is 5.18. The molecule has 0 amide bonds. The number of H-pyrrole nitrogens is 1. The fraction of sp³-hybridized carbons (Fsp3) is 0.400. The molecule has 0 saturated carbocycles. The Morgan fingerprint density at radius 1 is 1.32 bits per heavy atom. The van der Waals surface area contributed by atoms with Gasteiger partial charge in [-0.1, -0.05) is 19.1 Å². The second kappa shape index (κ2) is 6.38. The summed E-state index contributed by atoms with van der Waals surface area (Å²) in [7, 11) is 1.69. The van der Waals surface area contributed by atoms with Crippen LogP contribution in [0.25, 0.3) is 0 Å². The highest BCUT2D eigenvalue weighted by Crippen LogP contribution is 2.20. The molecule has 0 radical (unpaired) electrons. The number of aryl methyl sites for hydroxylation is 1. The zero-order chi connectivity index (χ0) is 13.7. The van der Waals surface area contributed by atoms with E-state index in [1.165, 1.54) is 11.1 Å². The third kappa shape index (κ3) is 3.35. The summed E-state index contributed by atoms with van der Waals surface area (Å²) >= 11 is 0. The molecule has 0 aliphatic carbocycles. The number of hydrogen-bond acceptors (Lipinski definition) is 3. The Kier molecular flexibility index (Phi) is 4.58. The third-order valence-electron chi connectivity index (χ3n) is 3.40. The lowest BCUT2D eigenvalue weighted by Gasteiger charge is -2.17. The molecule has 0 saturated heterocycles. The van der Waals surface area contributed by atoms with Crippen LogP contribution >= 0.6 is 0 Å². The van der Waals surface area contributed by atoms with E-state index in [9.17, 15) is 0 Å². The molecule has 1 aromatic carbocycles. The van der Waals surface area contributed by atoms with E-state index in [1.54, 1.807) is 7.11 Å². The van der Waals surface area contributed by atoms with Crippen molar-refractivity contribution in [3.05, 3.63) is 47.3 Å². The lowest BCUT2D eigenvalue weighted by Crippen LogP contribution is -2.20. The normalized spacial score (nSPS) is 12.4. The molecular formula is C15H21N3O. The molecule has 2 aromatic rings. The van der Waals surface area contributed by atoms with Crippen molar-refractivity contribution in [1.29, 1.82) is 0 Å². The van der Waals surface area contributed by atoms with Crippen molar-refractivity contribution in [3.63, 3.8) is 0 Å². The van der Waals surface area contributed by atoms with Crippen LogP contribution in [0.1, 0.15) is 36.2 Å². The van der Waals surface area contributed by atoms with Crippen molar-refractivity contribution in [2.24, 2.45) is 0 Å². The van der Waals surface area contributed by atoms with Gasteiger partial charge in [0, 0.05) is 23.8 Å². The third-order valence-corrected chi connectivity index (χ3v) is 3.40. The number of rotatable bonds is 6. The van der Waals surface area contributed by atoms with Gasteiger partial charge >= 0.3 is 0 Å². The van der Waals surface area contributed by atoms with E-state index in [-0.39, 0.29) is 0 Å². The van der Waals surface area contributed by atoms with Crippen LogP contribution < -0.4 is 10.1 Å². The topological polar surface area (TPSA) is 49.9 Å². The van der Waals surface area contributed by atoms with Gasteiger partial charge in [-0.2, -0.15) is 5.10 Å². The minimum Gasteiger partial charge on any atom is -0.497 e. The minimum atomic E-state index is 0.347. The average molecular weight is 259 g/mol. The molecule has 2 N–H and O–H groups in total. The Hall–Kier alpha value is -1.81. The van der Waals surface area contributed by atoms with E-state index in [4.69, 9.17) is 4.74 Å². The Labute approximate surface area is 114 Å². The van der Waals surface area contributed by atoms with E-state index in [0.717, 1.165) is 24.4 Å². The molecule has 1 unspecified atom stereocenters. The molecule has 1 heterocycles. The molecule has 0 spiro atoms. The van der Waals surface area contributed by atoms with E-state index >= 15 is 0 Å². The van der Waals surface area contributed by atoms with Gasteiger partial charge in [0.05, 0.1) is 13.3 Å². The molecule has 1 atom stereocenters. The van der Waals surface area contributed by atoms with Crippen molar-refractivity contribution in [3.8, 4) is 5.75 Å². The first-order chi connectivity index (χ1) is 9.24. The van der Waals surface area contributed by atoms with Gasteiger partial charge in [0.1, 0.15) is 5.75 Å². The molecule has 19 heavy (non-hydrogen) atoms. The van der Waals surface area contributed by atoms with Gasteiger partial charge < -0.3 is 10.1 Å². The maximum absolute atomic E-state index is 5.18. The number of benzene rings is 1. The SMILES string of the molecule is CCC(NCc1cn[nH]c1C)c1ccc(OC)cc1. The lowest BCUT2D eigenvalue weighted by atomic mass is 10.0. The summed E-state index contributed by atoms with van der Waals surface area (Å²) in [6.07, 6.45) is 2.92. The van der Waals surface area contributed by atoms with Crippen LogP contribution in [0.5, 0.6) is 5.75 Å². The number of ether oxygens (including phenoxy) is 1. The average Bonchev–Trinajstić information content (AvgIpc) is 2.86. The molecule has 1 aromatic heterocycles. The second-order valence-electron chi connectivity index (χ2n) is 4.64. The van der Waals surface area contributed by atoms with Crippen molar-refractivity contribution < 1.29 is 4.74 Å². The van der Waals surface area contributed by atoms with Crippen LogP contribution in [-0.4, -0.2) is 17.3 Å². The predicted octanol–water partition coefficient (Wildman–Crippen LogP) is 2.97. The summed E-state index contributed by atoms with van der Waals surface area (Å²) in [5.74, 6) is 0.893. The summed E-state index contributed by atoms with van der Waals surface area (Å²) in [5, 5.41) is 10.6. The molecule has 4 nitrogen and oxygen atoms in total. The number of aromatic nitrogens is 2. The molecule has 0 fully saturated rings. The van der Waals surface area contributed by atoms with E-state index in [1.807, 2.05) is 25.3 Å². The smallest absolute Gasteiger partial charge is 0.118 e. The van der Waals surface area contributed by atoms with Gasteiger partial charge in [-0.25, -0.2) is 0 Å². The van der Waals surface area contributed by atoms with Gasteiger partial charge in [-0.3, -0.25) is 5.10 Å². The summed E-state index contributed by atoms with van der Waals surface area (Å²) in [4.78, 5) is 0. The fourth-order valence-corrected chi connectivity index (χ4v) is 2.12. The van der Waals surface area contributed by atoms with Crippen molar-refractivity contribution in [2.45, 2.75) is 32.9 Å². The predicted molar refractivity (Wildman–Crippen MR) is 76.2 cm³/mol. The standard InChI is InChI=1S/C15H21N3O/c1-4-15(12-5-7-14(19-3)8-6-12)16-9-13-10-17-18-11(13)2/h5-8,10,15-16H,4,9H2,1-3H3,(H,17,18). The van der Waals surface area contributed by atoms with E-state index < -0.39 is 0 Å². The lowest BCUT2D eigenvalue weighted by molar-refractivity contribution is 0.414. The Bertz CT molecular complexity index is 504. The molecule has 2 rings (SSSR count). The van der Waals surface area contributed by atoms with Crippen LogP contribution in [-0.2, 0) is 6.54 Å². The van der Waals surface area contributed by atoms with Crippen molar-refractivity contribution >= 4 is 0 Å². The van der Waals surface area contributed by atoms with Gasteiger partial charge in [0.2, 0.25) is 0 Å². The zero-order valence-corrected chi connectivity index (χ0v) is 11.7. The van der Waals surface area contributed by atoms with E-state index in [0.29, 0.717) is 6.04 Å². The highest BCUT2D eigenvalue weighted by Gasteiger charge is 2.10. The fourth-order valence-electron chi connectivity index (χ4n) is 2.12. The van der Waals surface area contributed by atoms with Crippen LogP contribution in [0.2, 0.25) is 0 Å².